The van der Waals surface area contributed by atoms with Crippen LogP contribution in [0.25, 0.3) is 21.5 Å². The number of hydrogen-bond acceptors (Lipinski definition) is 15. The number of hydrogen-bond donors (Lipinski definition) is 6. The fraction of sp³-hybridized carbons (Fsp3) is 0.432. The highest BCUT2D eigenvalue weighted by Gasteiger charge is 2.49. The zero-order valence-corrected chi connectivity index (χ0v) is 42.4. The highest BCUT2D eigenvalue weighted by molar-refractivity contribution is 7.87. The molecule has 0 aliphatic carbocycles. The van der Waals surface area contributed by atoms with Crippen LogP contribution in [0.4, 0.5) is 11.4 Å². The van der Waals surface area contributed by atoms with Gasteiger partial charge in [-0.25, -0.2) is 0 Å². The molecule has 70 heavy (non-hydrogen) atoms. The van der Waals surface area contributed by atoms with Gasteiger partial charge in [-0.05, 0) is 103 Å². The fourth-order valence-electron chi connectivity index (χ4n) is 9.92. The smallest absolute Gasteiger partial charge is 0.303 e. The molecule has 384 valence electrons. The molecule has 2 aliphatic heterocycles. The average Bonchev–Trinajstić information content (AvgIpc) is 3.62. The molecule has 3 unspecified atom stereocenters. The number of methoxy groups -OCH3 is 2. The molecule has 0 saturated heterocycles. The van der Waals surface area contributed by atoms with E-state index in [2.05, 4.69) is 0 Å². The van der Waals surface area contributed by atoms with Crippen LogP contribution in [-0.4, -0.2) is 128 Å². The number of fused-ring (bicyclic) bond motifs is 6. The Labute approximate surface area is 406 Å². The second-order valence-corrected chi connectivity index (χ2v) is 24.9. The minimum Gasteiger partial charge on any atom is -0.481 e. The van der Waals surface area contributed by atoms with Crippen molar-refractivity contribution in [3.63, 3.8) is 0 Å². The van der Waals surface area contributed by atoms with Gasteiger partial charge in [0.1, 0.15) is 9.79 Å². The Kier molecular flexibility index (Phi) is 15.8. The van der Waals surface area contributed by atoms with Crippen LogP contribution >= 0.6 is 0 Å². The molecule has 6 N–H and O–H groups in total. The number of anilines is 2. The Hall–Kier alpha value is -4.58. The van der Waals surface area contributed by atoms with E-state index in [1.54, 1.807) is 36.1 Å². The number of allylic oxidation sites excluding steroid dienone is 3. The molecule has 0 saturated carbocycles. The third kappa shape index (κ3) is 11.2. The Morgan fingerprint density at radius 3 is 1.67 bits per heavy atom. The van der Waals surface area contributed by atoms with Gasteiger partial charge < -0.3 is 24.4 Å². The SMILES string of the molecule is COCCC1(C)C(=CC=CC2N(CCCS(=O)(=O)O)c3ccc4c(S(=O)(=O)O)cc(S(=O)(=O)O)cc4c3C2(C)CCOC)N(CCCCCC(=O)O)c2ccc3c(S(=O)(=O)O)cc(S(=O)(=O)O)cc3c21. The summed E-state index contributed by atoms with van der Waals surface area (Å²) in [6.07, 6.45) is 6.55. The lowest BCUT2D eigenvalue weighted by Gasteiger charge is -2.35. The second-order valence-electron chi connectivity index (χ2n) is 17.7. The van der Waals surface area contributed by atoms with Crippen LogP contribution in [0.15, 0.2) is 92.0 Å². The van der Waals surface area contributed by atoms with Gasteiger partial charge in [-0.15, -0.1) is 0 Å². The van der Waals surface area contributed by atoms with Crippen LogP contribution in [-0.2, 0) is 75.7 Å². The maximum absolute atomic E-state index is 12.8. The van der Waals surface area contributed by atoms with E-state index in [1.807, 2.05) is 11.8 Å². The molecule has 26 heteroatoms. The van der Waals surface area contributed by atoms with E-state index < -0.39 is 98.8 Å². The first-order valence-electron chi connectivity index (χ1n) is 21.6. The summed E-state index contributed by atoms with van der Waals surface area (Å²) in [6, 6.07) is 8.52. The number of aliphatic carboxylic acids is 1. The van der Waals surface area contributed by atoms with E-state index in [-0.39, 0.29) is 73.5 Å². The molecule has 2 aliphatic rings. The van der Waals surface area contributed by atoms with Gasteiger partial charge >= 0.3 is 5.97 Å². The van der Waals surface area contributed by atoms with Gasteiger partial charge in [-0.1, -0.05) is 37.6 Å². The fourth-order valence-corrected chi connectivity index (χ4v) is 13.1. The number of ether oxygens (including phenoxy) is 2. The minimum atomic E-state index is -5.11. The first kappa shape index (κ1) is 54.7. The molecule has 3 atom stereocenters. The van der Waals surface area contributed by atoms with Gasteiger partial charge in [0.25, 0.3) is 50.6 Å². The van der Waals surface area contributed by atoms with Crippen molar-refractivity contribution in [2.24, 2.45) is 0 Å². The maximum atomic E-state index is 12.8. The Balaban J connectivity index is 1.64. The summed E-state index contributed by atoms with van der Waals surface area (Å²) >= 11 is 0. The van der Waals surface area contributed by atoms with Crippen molar-refractivity contribution in [1.29, 1.82) is 0 Å². The normalized spacial score (nSPS) is 20.6. The number of carboxylic acid groups (broad SMARTS) is 1. The number of carbonyl (C=O) groups is 1. The first-order valence-corrected chi connectivity index (χ1v) is 29.0. The summed E-state index contributed by atoms with van der Waals surface area (Å²) in [5.74, 6) is -1.64. The number of benzene rings is 4. The molecule has 0 bridgehead atoms. The van der Waals surface area contributed by atoms with E-state index in [4.69, 9.17) is 9.47 Å². The van der Waals surface area contributed by atoms with Crippen molar-refractivity contribution >= 4 is 89.5 Å². The third-order valence-electron chi connectivity index (χ3n) is 13.1. The molecule has 2 heterocycles. The van der Waals surface area contributed by atoms with Crippen molar-refractivity contribution in [2.75, 3.05) is 56.1 Å². The van der Waals surface area contributed by atoms with Gasteiger partial charge in [-0.3, -0.25) is 27.6 Å². The van der Waals surface area contributed by atoms with Crippen LogP contribution < -0.4 is 9.80 Å². The Morgan fingerprint density at radius 1 is 0.643 bits per heavy atom. The van der Waals surface area contributed by atoms with Gasteiger partial charge in [0, 0.05) is 85.6 Å². The number of rotatable bonds is 22. The molecular formula is C44H54N2O19S5. The largest absolute Gasteiger partial charge is 0.481 e. The predicted octanol–water partition coefficient (Wildman–Crippen LogP) is 5.64. The summed E-state index contributed by atoms with van der Waals surface area (Å²) < 4.78 is 187. The molecular weight excluding hydrogens is 1020 g/mol. The van der Waals surface area contributed by atoms with E-state index in [1.165, 1.54) is 32.4 Å². The Bertz CT molecular complexity index is 3380. The number of carboxylic acids is 1. The highest BCUT2D eigenvalue weighted by atomic mass is 32.2. The minimum absolute atomic E-state index is 0.0146. The second kappa shape index (κ2) is 20.1. The van der Waals surface area contributed by atoms with Crippen LogP contribution in [0.3, 0.4) is 0 Å². The summed E-state index contributed by atoms with van der Waals surface area (Å²) in [6.45, 7) is 3.97. The molecule has 21 nitrogen and oxygen atoms in total. The summed E-state index contributed by atoms with van der Waals surface area (Å²) in [7, 11) is -21.9. The quantitative estimate of drug-likeness (QED) is 0.0409. The monoisotopic (exact) mass is 1070 g/mol. The van der Waals surface area contributed by atoms with E-state index in [0.29, 0.717) is 59.6 Å². The summed E-state index contributed by atoms with van der Waals surface area (Å²) in [5.41, 5.74) is -0.171. The van der Waals surface area contributed by atoms with Gasteiger partial charge in [0.05, 0.1) is 21.6 Å². The van der Waals surface area contributed by atoms with Crippen LogP contribution in [0, 0.1) is 0 Å². The maximum Gasteiger partial charge on any atom is 0.303 e. The standard InChI is InChI=1S/C44H54N2O19S5/c1-43(17-21-64-3)38(45(19-7-5-6-12-40(47)48)34-15-13-30-32(41(34)43)24-28(67(52,53)54)26-36(30)69(58,59)60)10-8-11-39-44(2,18-22-65-4)42-33-25-29(68(55,56)57)27-37(70(61,62)63)31(33)14-16-35(42)46(39)20-9-23-66(49,50)51/h8,10-11,13-16,24-27,39H,5-7,9,12,17-23H2,1-4H3,(H,47,48)(H,49,50,51)(H,52,53,54)(H,55,56,57)(H,58,59,60)(H,61,62,63). The van der Waals surface area contributed by atoms with Crippen LogP contribution in [0.2, 0.25) is 0 Å². The molecule has 6 rings (SSSR count). The lowest BCUT2D eigenvalue weighted by atomic mass is 9.74. The summed E-state index contributed by atoms with van der Waals surface area (Å²) in [4.78, 5) is 11.8. The van der Waals surface area contributed by atoms with Crippen LogP contribution in [0.5, 0.6) is 0 Å². The highest BCUT2D eigenvalue weighted by Crippen LogP contribution is 2.55. The van der Waals surface area contributed by atoms with Crippen LogP contribution in [0.1, 0.15) is 69.9 Å². The number of unbranched alkanes of at least 4 members (excludes halogenated alkanes) is 2. The van der Waals surface area contributed by atoms with Gasteiger partial charge in [-0.2, -0.15) is 42.1 Å². The molecule has 0 aromatic heterocycles. The Morgan fingerprint density at radius 2 is 1.17 bits per heavy atom. The lowest BCUT2D eigenvalue weighted by molar-refractivity contribution is -0.137. The van der Waals surface area contributed by atoms with Crippen molar-refractivity contribution in [3.05, 3.63) is 83.6 Å². The third-order valence-corrected chi connectivity index (χ3v) is 17.3. The zero-order valence-electron chi connectivity index (χ0n) is 38.3. The van der Waals surface area contributed by atoms with Crippen molar-refractivity contribution in [3.8, 4) is 0 Å². The first-order chi connectivity index (χ1) is 32.4. The van der Waals surface area contributed by atoms with Crippen molar-refractivity contribution in [1.82, 2.24) is 0 Å². The molecule has 0 amide bonds. The molecule has 0 fully saturated rings. The molecule has 0 spiro atoms. The molecule has 4 aromatic rings. The van der Waals surface area contributed by atoms with Gasteiger partial charge in [0.2, 0.25) is 0 Å². The van der Waals surface area contributed by atoms with E-state index in [0.717, 1.165) is 12.1 Å². The van der Waals surface area contributed by atoms with Crippen molar-refractivity contribution < 1.29 is 84.2 Å². The molecule has 4 aromatic carbocycles. The van der Waals surface area contributed by atoms with E-state index >= 15 is 0 Å². The summed E-state index contributed by atoms with van der Waals surface area (Å²) in [5, 5.41) is 9.22. The zero-order chi connectivity index (χ0) is 52.0. The topological polar surface area (TPSA) is 334 Å². The average molecular weight is 1080 g/mol. The van der Waals surface area contributed by atoms with Crippen molar-refractivity contribution in [2.45, 2.75) is 95.2 Å². The number of nitrogens with zero attached hydrogens (tertiary/aromatic N) is 2. The molecule has 0 radical (unpaired) electrons. The van der Waals surface area contributed by atoms with E-state index in [9.17, 15) is 74.8 Å². The lowest BCUT2D eigenvalue weighted by Crippen LogP contribution is -2.43. The predicted molar refractivity (Wildman–Crippen MR) is 258 cm³/mol. The van der Waals surface area contributed by atoms with Gasteiger partial charge in [0.15, 0.2) is 0 Å².